The highest BCUT2D eigenvalue weighted by atomic mass is 16.5. The van der Waals surface area contributed by atoms with E-state index in [0.717, 1.165) is 32.3 Å². The lowest BCUT2D eigenvalue weighted by Gasteiger charge is -2.32. The Balaban J connectivity index is 1.78. The van der Waals surface area contributed by atoms with Crippen molar-refractivity contribution in [2.75, 3.05) is 26.4 Å². The van der Waals surface area contributed by atoms with Crippen molar-refractivity contribution in [3.05, 3.63) is 0 Å². The van der Waals surface area contributed by atoms with Gasteiger partial charge in [-0.2, -0.15) is 0 Å². The largest absolute Gasteiger partial charge is 0.381 e. The molecule has 118 valence electrons. The molecule has 0 radical (unpaired) electrons. The lowest BCUT2D eigenvalue weighted by atomic mass is 9.93. The first-order valence-electron chi connectivity index (χ1n) is 8.83. The Hall–Kier alpha value is -0.120. The lowest BCUT2D eigenvalue weighted by Crippen LogP contribution is -2.43. The summed E-state index contributed by atoms with van der Waals surface area (Å²) in [7, 11) is 0. The SMILES string of the molecule is CCCNC1CCCCCCC1OCC1CCOCC1. The number of rotatable bonds is 6. The van der Waals surface area contributed by atoms with Crippen LogP contribution in [0.4, 0.5) is 0 Å². The van der Waals surface area contributed by atoms with Crippen LogP contribution in [-0.4, -0.2) is 38.5 Å². The molecule has 1 saturated heterocycles. The molecule has 2 atom stereocenters. The zero-order valence-electron chi connectivity index (χ0n) is 13.2. The van der Waals surface area contributed by atoms with E-state index in [0.29, 0.717) is 12.1 Å². The maximum atomic E-state index is 6.35. The summed E-state index contributed by atoms with van der Waals surface area (Å²) >= 11 is 0. The third-order valence-electron chi connectivity index (χ3n) is 4.75. The molecule has 1 N–H and O–H groups in total. The van der Waals surface area contributed by atoms with Gasteiger partial charge >= 0.3 is 0 Å². The minimum Gasteiger partial charge on any atom is -0.381 e. The maximum Gasteiger partial charge on any atom is 0.0728 e. The second-order valence-corrected chi connectivity index (χ2v) is 6.48. The van der Waals surface area contributed by atoms with E-state index in [1.54, 1.807) is 0 Å². The van der Waals surface area contributed by atoms with Gasteiger partial charge in [0.2, 0.25) is 0 Å². The molecule has 2 fully saturated rings. The van der Waals surface area contributed by atoms with Gasteiger partial charge in [-0.15, -0.1) is 0 Å². The first-order valence-corrected chi connectivity index (χ1v) is 8.83. The predicted molar refractivity (Wildman–Crippen MR) is 83.1 cm³/mol. The first kappa shape index (κ1) is 16.3. The van der Waals surface area contributed by atoms with E-state index < -0.39 is 0 Å². The Morgan fingerprint density at radius 1 is 1.00 bits per heavy atom. The van der Waals surface area contributed by atoms with E-state index in [1.807, 2.05) is 0 Å². The second-order valence-electron chi connectivity index (χ2n) is 6.48. The molecule has 1 aliphatic carbocycles. The van der Waals surface area contributed by atoms with Crippen LogP contribution in [0, 0.1) is 5.92 Å². The molecule has 2 unspecified atom stereocenters. The number of ether oxygens (including phenoxy) is 2. The van der Waals surface area contributed by atoms with Crippen LogP contribution in [0.5, 0.6) is 0 Å². The third-order valence-corrected chi connectivity index (χ3v) is 4.75. The monoisotopic (exact) mass is 283 g/mol. The highest BCUT2D eigenvalue weighted by molar-refractivity contribution is 4.80. The van der Waals surface area contributed by atoms with Gasteiger partial charge in [-0.25, -0.2) is 0 Å². The van der Waals surface area contributed by atoms with Crippen LogP contribution in [0.3, 0.4) is 0 Å². The molecule has 3 heteroatoms. The van der Waals surface area contributed by atoms with Crippen molar-refractivity contribution in [1.29, 1.82) is 0 Å². The van der Waals surface area contributed by atoms with Gasteiger partial charge in [0.25, 0.3) is 0 Å². The third kappa shape index (κ3) is 5.71. The molecule has 0 amide bonds. The first-order chi connectivity index (χ1) is 9.90. The van der Waals surface area contributed by atoms with Crippen LogP contribution < -0.4 is 5.32 Å². The average Bonchev–Trinajstić information content (AvgIpc) is 2.47. The van der Waals surface area contributed by atoms with Gasteiger partial charge < -0.3 is 14.8 Å². The second kappa shape index (κ2) is 9.75. The zero-order chi connectivity index (χ0) is 14.0. The molecule has 3 nitrogen and oxygen atoms in total. The highest BCUT2D eigenvalue weighted by Gasteiger charge is 2.24. The molecule has 2 aliphatic rings. The summed E-state index contributed by atoms with van der Waals surface area (Å²) in [4.78, 5) is 0. The fourth-order valence-corrected chi connectivity index (χ4v) is 3.39. The minimum absolute atomic E-state index is 0.435. The van der Waals surface area contributed by atoms with E-state index >= 15 is 0 Å². The summed E-state index contributed by atoms with van der Waals surface area (Å²) in [5.74, 6) is 0.723. The quantitative estimate of drug-likeness (QED) is 0.809. The Labute approximate surface area is 124 Å². The smallest absolute Gasteiger partial charge is 0.0728 e. The van der Waals surface area contributed by atoms with Gasteiger partial charge in [-0.05, 0) is 44.6 Å². The Morgan fingerprint density at radius 3 is 2.50 bits per heavy atom. The summed E-state index contributed by atoms with van der Waals surface area (Å²) < 4.78 is 11.8. The van der Waals surface area contributed by atoms with Crippen molar-refractivity contribution in [2.45, 2.75) is 76.9 Å². The van der Waals surface area contributed by atoms with Gasteiger partial charge in [-0.3, -0.25) is 0 Å². The number of hydrogen-bond donors (Lipinski definition) is 1. The molecular formula is C17H33NO2. The van der Waals surface area contributed by atoms with E-state index in [9.17, 15) is 0 Å². The van der Waals surface area contributed by atoms with Crippen LogP contribution in [-0.2, 0) is 9.47 Å². The molecule has 1 heterocycles. The molecule has 0 aromatic rings. The summed E-state index contributed by atoms with van der Waals surface area (Å²) in [6.45, 7) is 6.17. The van der Waals surface area contributed by atoms with E-state index in [2.05, 4.69) is 12.2 Å². The predicted octanol–water partition coefficient (Wildman–Crippen LogP) is 3.52. The molecule has 20 heavy (non-hydrogen) atoms. The van der Waals surface area contributed by atoms with Gasteiger partial charge in [0.15, 0.2) is 0 Å². The molecule has 1 aliphatic heterocycles. The fourth-order valence-electron chi connectivity index (χ4n) is 3.39. The van der Waals surface area contributed by atoms with Crippen LogP contribution in [0.1, 0.15) is 64.7 Å². The van der Waals surface area contributed by atoms with Crippen molar-refractivity contribution in [3.63, 3.8) is 0 Å². The fraction of sp³-hybridized carbons (Fsp3) is 1.00. The van der Waals surface area contributed by atoms with Gasteiger partial charge in [0.05, 0.1) is 12.7 Å². The maximum absolute atomic E-state index is 6.35. The normalized spacial score (nSPS) is 29.9. The van der Waals surface area contributed by atoms with E-state index in [1.165, 1.54) is 57.8 Å². The van der Waals surface area contributed by atoms with Crippen LogP contribution in [0.15, 0.2) is 0 Å². The van der Waals surface area contributed by atoms with Crippen molar-refractivity contribution in [1.82, 2.24) is 5.32 Å². The lowest BCUT2D eigenvalue weighted by molar-refractivity contribution is -0.0309. The van der Waals surface area contributed by atoms with Crippen LogP contribution in [0.2, 0.25) is 0 Å². The Bertz CT molecular complexity index is 239. The summed E-state index contributed by atoms with van der Waals surface area (Å²) in [5.41, 5.74) is 0. The molecule has 1 saturated carbocycles. The van der Waals surface area contributed by atoms with Crippen LogP contribution in [0.25, 0.3) is 0 Å². The molecule has 2 rings (SSSR count). The molecule has 0 aromatic heterocycles. The topological polar surface area (TPSA) is 30.5 Å². The summed E-state index contributed by atoms with van der Waals surface area (Å²) in [6.07, 6.45) is 12.0. The van der Waals surface area contributed by atoms with Crippen molar-refractivity contribution >= 4 is 0 Å². The molecule has 0 aromatic carbocycles. The van der Waals surface area contributed by atoms with Crippen LogP contribution >= 0.6 is 0 Å². The van der Waals surface area contributed by atoms with Gasteiger partial charge in [0, 0.05) is 19.3 Å². The van der Waals surface area contributed by atoms with Crippen molar-refractivity contribution in [3.8, 4) is 0 Å². The average molecular weight is 283 g/mol. The highest BCUT2D eigenvalue weighted by Crippen LogP contribution is 2.23. The summed E-state index contributed by atoms with van der Waals surface area (Å²) in [5, 5.41) is 3.73. The van der Waals surface area contributed by atoms with E-state index in [-0.39, 0.29) is 0 Å². The zero-order valence-corrected chi connectivity index (χ0v) is 13.2. The molecule has 0 spiro atoms. The Kier molecular flexibility index (Phi) is 7.92. The number of hydrogen-bond acceptors (Lipinski definition) is 3. The molecular weight excluding hydrogens is 250 g/mol. The van der Waals surface area contributed by atoms with E-state index in [4.69, 9.17) is 9.47 Å². The number of nitrogens with one attached hydrogen (secondary N) is 1. The van der Waals surface area contributed by atoms with Crippen molar-refractivity contribution < 1.29 is 9.47 Å². The van der Waals surface area contributed by atoms with Gasteiger partial charge in [-0.1, -0.05) is 32.6 Å². The van der Waals surface area contributed by atoms with Gasteiger partial charge in [0.1, 0.15) is 0 Å². The minimum atomic E-state index is 0.435. The standard InChI is InChI=1S/C17H33NO2/c1-2-11-18-16-7-5-3-4-6-8-17(16)20-14-15-9-12-19-13-10-15/h15-18H,2-14H2,1H3. The van der Waals surface area contributed by atoms with Crippen molar-refractivity contribution in [2.24, 2.45) is 5.92 Å². The molecule has 0 bridgehead atoms. The Morgan fingerprint density at radius 2 is 1.75 bits per heavy atom. The summed E-state index contributed by atoms with van der Waals surface area (Å²) in [6, 6.07) is 0.579.